The molecular formula is C25H26N2O4. The van der Waals surface area contributed by atoms with Crippen molar-refractivity contribution in [2.24, 2.45) is 0 Å². The lowest BCUT2D eigenvalue weighted by molar-refractivity contribution is -0.120. The molecule has 1 N–H and O–H groups in total. The number of hydrogen-bond donors (Lipinski definition) is 1. The maximum absolute atomic E-state index is 12.7. The zero-order valence-corrected chi connectivity index (χ0v) is 18.5. The van der Waals surface area contributed by atoms with E-state index in [2.05, 4.69) is 31.1 Å². The average Bonchev–Trinajstić information content (AvgIpc) is 3.16. The van der Waals surface area contributed by atoms with Crippen LogP contribution in [0.1, 0.15) is 48.7 Å². The number of benzene rings is 1. The molecule has 160 valence electrons. The van der Waals surface area contributed by atoms with E-state index in [4.69, 9.17) is 8.83 Å². The molecule has 0 atom stereocenters. The van der Waals surface area contributed by atoms with E-state index in [1.807, 2.05) is 38.1 Å². The van der Waals surface area contributed by atoms with Crippen molar-refractivity contribution < 1.29 is 13.6 Å². The van der Waals surface area contributed by atoms with Crippen LogP contribution in [0.4, 0.5) is 0 Å². The first kappa shape index (κ1) is 20.8. The van der Waals surface area contributed by atoms with Gasteiger partial charge in [-0.05, 0) is 43.0 Å². The summed E-state index contributed by atoms with van der Waals surface area (Å²) in [6, 6.07) is 7.53. The van der Waals surface area contributed by atoms with Gasteiger partial charge in [-0.15, -0.1) is 0 Å². The summed E-state index contributed by atoms with van der Waals surface area (Å²) in [4.78, 5) is 29.4. The lowest BCUT2D eigenvalue weighted by Crippen LogP contribution is -2.27. The van der Waals surface area contributed by atoms with E-state index in [1.54, 1.807) is 12.5 Å². The molecule has 0 saturated carbocycles. The highest BCUT2D eigenvalue weighted by Crippen LogP contribution is 2.37. The summed E-state index contributed by atoms with van der Waals surface area (Å²) >= 11 is 0. The molecule has 3 heterocycles. The zero-order chi connectivity index (χ0) is 22.3. The second kappa shape index (κ2) is 7.69. The highest BCUT2D eigenvalue weighted by molar-refractivity contribution is 6.00. The third kappa shape index (κ3) is 3.85. The van der Waals surface area contributed by atoms with Crippen LogP contribution < -0.4 is 10.9 Å². The molecule has 0 bridgehead atoms. The number of hydrogen-bond acceptors (Lipinski definition) is 5. The molecule has 6 heteroatoms. The maximum Gasteiger partial charge on any atom is 0.340 e. The number of carbonyl (C=O) groups is 1. The quantitative estimate of drug-likeness (QED) is 0.485. The number of amides is 1. The Morgan fingerprint density at radius 1 is 1.10 bits per heavy atom. The van der Waals surface area contributed by atoms with Crippen molar-refractivity contribution in [3.63, 3.8) is 0 Å². The van der Waals surface area contributed by atoms with Gasteiger partial charge >= 0.3 is 5.63 Å². The minimum atomic E-state index is -0.497. The van der Waals surface area contributed by atoms with Crippen molar-refractivity contribution in [2.45, 2.75) is 53.0 Å². The molecule has 0 unspecified atom stereocenters. The van der Waals surface area contributed by atoms with E-state index in [1.165, 1.54) is 0 Å². The van der Waals surface area contributed by atoms with E-state index in [0.717, 1.165) is 38.7 Å². The molecule has 0 fully saturated rings. The fraction of sp³-hybridized carbons (Fsp3) is 0.320. The molecule has 0 aliphatic rings. The number of pyridine rings is 1. The van der Waals surface area contributed by atoms with Crippen molar-refractivity contribution in [3.05, 3.63) is 75.1 Å². The van der Waals surface area contributed by atoms with Crippen LogP contribution in [0.15, 0.2) is 50.4 Å². The molecule has 0 aliphatic heterocycles. The Morgan fingerprint density at radius 2 is 1.87 bits per heavy atom. The minimum Gasteiger partial charge on any atom is -0.464 e. The molecule has 1 aromatic carbocycles. The van der Waals surface area contributed by atoms with Gasteiger partial charge in [-0.3, -0.25) is 9.78 Å². The molecule has 4 rings (SSSR count). The van der Waals surface area contributed by atoms with Crippen LogP contribution in [0.2, 0.25) is 0 Å². The summed E-state index contributed by atoms with van der Waals surface area (Å²) in [5.41, 5.74) is 4.39. The number of aryl methyl sites for hydroxylation is 2. The number of carbonyl (C=O) groups excluding carboxylic acids is 1. The summed E-state index contributed by atoms with van der Waals surface area (Å²) in [6.07, 6.45) is 3.40. The van der Waals surface area contributed by atoms with Crippen molar-refractivity contribution in [1.82, 2.24) is 10.3 Å². The van der Waals surface area contributed by atoms with Gasteiger partial charge in [0, 0.05) is 28.1 Å². The predicted molar refractivity (Wildman–Crippen MR) is 120 cm³/mol. The number of rotatable bonds is 4. The van der Waals surface area contributed by atoms with Crippen molar-refractivity contribution in [3.8, 4) is 0 Å². The largest absolute Gasteiger partial charge is 0.464 e. The smallest absolute Gasteiger partial charge is 0.340 e. The Hall–Kier alpha value is -3.41. The summed E-state index contributed by atoms with van der Waals surface area (Å²) in [5.74, 6) is -0.253. The third-order valence-corrected chi connectivity index (χ3v) is 5.68. The second-order valence-corrected chi connectivity index (χ2v) is 8.92. The van der Waals surface area contributed by atoms with Gasteiger partial charge in [-0.2, -0.15) is 0 Å². The average molecular weight is 418 g/mol. The van der Waals surface area contributed by atoms with Crippen LogP contribution in [0.3, 0.4) is 0 Å². The Morgan fingerprint density at radius 3 is 2.55 bits per heavy atom. The van der Waals surface area contributed by atoms with Gasteiger partial charge in [0.15, 0.2) is 0 Å². The predicted octanol–water partition coefficient (Wildman–Crippen LogP) is 4.71. The van der Waals surface area contributed by atoms with Crippen LogP contribution in [0, 0.1) is 13.8 Å². The SMILES string of the molecule is Cc1c(CC(=O)NCc2ccccn2)c(=O)oc2c(C)c3occ(C(C)(C)C)c3cc12. The van der Waals surface area contributed by atoms with Crippen LogP contribution in [-0.2, 0) is 23.2 Å². The van der Waals surface area contributed by atoms with Gasteiger partial charge in [0.1, 0.15) is 11.2 Å². The molecule has 3 aromatic heterocycles. The Balaban J connectivity index is 1.73. The van der Waals surface area contributed by atoms with Gasteiger partial charge in [0.2, 0.25) is 5.91 Å². The third-order valence-electron chi connectivity index (χ3n) is 5.68. The first-order valence-corrected chi connectivity index (χ1v) is 10.3. The normalized spacial score (nSPS) is 11.9. The summed E-state index contributed by atoms with van der Waals surface area (Å²) in [6.45, 7) is 10.5. The van der Waals surface area contributed by atoms with Gasteiger partial charge in [-0.25, -0.2) is 4.79 Å². The van der Waals surface area contributed by atoms with Crippen LogP contribution in [-0.4, -0.2) is 10.9 Å². The van der Waals surface area contributed by atoms with Gasteiger partial charge in [-0.1, -0.05) is 26.8 Å². The van der Waals surface area contributed by atoms with Crippen molar-refractivity contribution in [1.29, 1.82) is 0 Å². The van der Waals surface area contributed by atoms with Gasteiger partial charge in [0.05, 0.1) is 30.5 Å². The topological polar surface area (TPSA) is 85.3 Å². The highest BCUT2D eigenvalue weighted by atomic mass is 16.4. The molecule has 1 amide bonds. The second-order valence-electron chi connectivity index (χ2n) is 8.92. The first-order valence-electron chi connectivity index (χ1n) is 10.3. The molecule has 0 saturated heterocycles. The molecule has 4 aromatic rings. The molecule has 31 heavy (non-hydrogen) atoms. The number of nitrogens with zero attached hydrogens (tertiary/aromatic N) is 1. The Labute approximate surface area is 180 Å². The summed E-state index contributed by atoms with van der Waals surface area (Å²) in [5, 5.41) is 4.64. The molecule has 0 radical (unpaired) electrons. The van der Waals surface area contributed by atoms with E-state index in [0.29, 0.717) is 17.7 Å². The highest BCUT2D eigenvalue weighted by Gasteiger charge is 2.24. The van der Waals surface area contributed by atoms with E-state index >= 15 is 0 Å². The monoisotopic (exact) mass is 418 g/mol. The summed E-state index contributed by atoms with van der Waals surface area (Å²) in [7, 11) is 0. The lowest BCUT2D eigenvalue weighted by Gasteiger charge is -2.17. The summed E-state index contributed by atoms with van der Waals surface area (Å²) < 4.78 is 11.5. The molecule has 0 aliphatic carbocycles. The van der Waals surface area contributed by atoms with Crippen molar-refractivity contribution in [2.75, 3.05) is 0 Å². The van der Waals surface area contributed by atoms with E-state index in [-0.39, 0.29) is 17.7 Å². The number of aromatic nitrogens is 1. The maximum atomic E-state index is 12.7. The van der Waals surface area contributed by atoms with Crippen LogP contribution >= 0.6 is 0 Å². The standard InChI is InChI=1S/C25H26N2O4/c1-14-17-10-19-20(25(3,4)5)13-30-22(19)15(2)23(17)31-24(29)18(14)11-21(28)27-12-16-8-6-7-9-26-16/h6-10,13H,11-12H2,1-5H3,(H,27,28). The molecule has 6 nitrogen and oxygen atoms in total. The molecular weight excluding hydrogens is 392 g/mol. The van der Waals surface area contributed by atoms with E-state index in [9.17, 15) is 9.59 Å². The number of nitrogens with one attached hydrogen (secondary N) is 1. The number of fused-ring (bicyclic) bond motifs is 2. The van der Waals surface area contributed by atoms with E-state index < -0.39 is 5.63 Å². The fourth-order valence-electron chi connectivity index (χ4n) is 3.90. The Kier molecular flexibility index (Phi) is 5.17. The van der Waals surface area contributed by atoms with Gasteiger partial charge in [0.25, 0.3) is 0 Å². The van der Waals surface area contributed by atoms with Crippen molar-refractivity contribution >= 4 is 27.8 Å². The minimum absolute atomic E-state index is 0.0501. The Bertz CT molecular complexity index is 1340. The lowest BCUT2D eigenvalue weighted by atomic mass is 9.86. The molecule has 0 spiro atoms. The zero-order valence-electron chi connectivity index (χ0n) is 18.5. The fourth-order valence-corrected chi connectivity index (χ4v) is 3.90. The first-order chi connectivity index (χ1) is 14.7. The van der Waals surface area contributed by atoms with Crippen LogP contribution in [0.25, 0.3) is 21.9 Å². The van der Waals surface area contributed by atoms with Gasteiger partial charge < -0.3 is 14.2 Å². The number of furan rings is 1. The van der Waals surface area contributed by atoms with Crippen LogP contribution in [0.5, 0.6) is 0 Å².